The quantitative estimate of drug-likeness (QED) is 0.426. The van der Waals surface area contributed by atoms with Gasteiger partial charge in [0.05, 0.1) is 6.10 Å². The van der Waals surface area contributed by atoms with Gasteiger partial charge in [-0.2, -0.15) is 0 Å². The third kappa shape index (κ3) is 10.7. The van der Waals surface area contributed by atoms with Gasteiger partial charge in [0, 0.05) is 38.5 Å². The number of hydrazine groups is 1. The number of hydrogen-bond acceptors (Lipinski definition) is 4. The summed E-state index contributed by atoms with van der Waals surface area (Å²) in [7, 11) is 0. The summed E-state index contributed by atoms with van der Waals surface area (Å²) >= 11 is 0. The largest absolute Gasteiger partial charge is 0.393 e. The summed E-state index contributed by atoms with van der Waals surface area (Å²) in [6, 6.07) is 0.210. The summed E-state index contributed by atoms with van der Waals surface area (Å²) in [4.78, 5) is 23.7. The summed E-state index contributed by atoms with van der Waals surface area (Å²) in [5, 5.41) is 17.0. The Morgan fingerprint density at radius 3 is 2.52 bits per heavy atom. The third-order valence-electron chi connectivity index (χ3n) is 5.05. The minimum Gasteiger partial charge on any atom is -0.393 e. The number of carbonyl (C=O) groups is 2. The lowest BCUT2D eigenvalue weighted by Crippen LogP contribution is -2.41. The van der Waals surface area contributed by atoms with Crippen molar-refractivity contribution in [3.8, 4) is 0 Å². The molecule has 6 heteroatoms. The van der Waals surface area contributed by atoms with Gasteiger partial charge in [-0.3, -0.25) is 14.6 Å². The Labute approximate surface area is 165 Å². The minimum absolute atomic E-state index is 0.138. The fourth-order valence-electron chi connectivity index (χ4n) is 3.50. The molecule has 0 bridgehead atoms. The van der Waals surface area contributed by atoms with Crippen LogP contribution in [0.2, 0.25) is 0 Å². The number of unbranched alkanes of at least 4 members (excludes halogenated alkanes) is 5. The summed E-state index contributed by atoms with van der Waals surface area (Å²) in [5.41, 5.74) is 0. The molecule has 0 spiro atoms. The van der Waals surface area contributed by atoms with Crippen LogP contribution in [0.4, 0.5) is 0 Å². The topological polar surface area (TPSA) is 72.9 Å². The number of hydrogen-bond donors (Lipinski definition) is 2. The molecule has 0 aromatic rings. The number of nitrogens with one attached hydrogen (secondary N) is 1. The molecule has 0 aromatic carbocycles. The molecule has 0 aromatic heterocycles. The van der Waals surface area contributed by atoms with Crippen molar-refractivity contribution in [2.24, 2.45) is 0 Å². The molecule has 0 saturated carbocycles. The van der Waals surface area contributed by atoms with Crippen molar-refractivity contribution in [1.29, 1.82) is 0 Å². The van der Waals surface area contributed by atoms with Crippen LogP contribution in [0, 0.1) is 0 Å². The Morgan fingerprint density at radius 2 is 1.81 bits per heavy atom. The van der Waals surface area contributed by atoms with Crippen molar-refractivity contribution in [3.63, 3.8) is 0 Å². The van der Waals surface area contributed by atoms with Crippen LogP contribution >= 0.6 is 0 Å². The van der Waals surface area contributed by atoms with Crippen LogP contribution in [0.15, 0.2) is 0 Å². The number of aliphatic hydroxyl groups is 1. The molecule has 1 aliphatic rings. The maximum absolute atomic E-state index is 12.1. The van der Waals surface area contributed by atoms with E-state index in [1.807, 2.05) is 18.9 Å². The Hall–Kier alpha value is -1.14. The molecule has 1 fully saturated rings. The average molecular weight is 384 g/mol. The first-order valence-electron chi connectivity index (χ1n) is 11.0. The van der Waals surface area contributed by atoms with Gasteiger partial charge in [0.15, 0.2) is 0 Å². The first-order valence-corrected chi connectivity index (χ1v) is 11.0. The predicted molar refractivity (Wildman–Crippen MR) is 109 cm³/mol. The number of rotatable bonds is 15. The second-order valence-electron chi connectivity index (χ2n) is 8.05. The Balaban J connectivity index is 2.16. The number of carbonyl (C=O) groups excluding carboxylic acids is 2. The van der Waals surface area contributed by atoms with E-state index in [2.05, 4.69) is 17.2 Å². The first kappa shape index (κ1) is 23.9. The van der Waals surface area contributed by atoms with E-state index in [4.69, 9.17) is 0 Å². The van der Waals surface area contributed by atoms with E-state index in [0.717, 1.165) is 64.5 Å². The summed E-state index contributed by atoms with van der Waals surface area (Å²) < 4.78 is 0. The van der Waals surface area contributed by atoms with E-state index in [-0.39, 0.29) is 24.0 Å². The van der Waals surface area contributed by atoms with Gasteiger partial charge in [0.2, 0.25) is 11.8 Å². The molecule has 2 N–H and O–H groups in total. The van der Waals surface area contributed by atoms with Gasteiger partial charge in [0.25, 0.3) is 0 Å². The molecule has 0 radical (unpaired) electrons. The van der Waals surface area contributed by atoms with Crippen LogP contribution in [0.1, 0.15) is 91.4 Å². The van der Waals surface area contributed by atoms with Crippen LogP contribution in [0.25, 0.3) is 0 Å². The second kappa shape index (κ2) is 13.9. The van der Waals surface area contributed by atoms with Crippen molar-refractivity contribution in [3.05, 3.63) is 0 Å². The van der Waals surface area contributed by atoms with Gasteiger partial charge in [-0.15, -0.1) is 0 Å². The number of nitrogens with zero attached hydrogens (tertiary/aromatic N) is 2. The zero-order valence-electron chi connectivity index (χ0n) is 17.7. The van der Waals surface area contributed by atoms with Crippen molar-refractivity contribution >= 4 is 11.8 Å². The molecular weight excluding hydrogens is 342 g/mol. The highest BCUT2D eigenvalue weighted by molar-refractivity contribution is 5.77. The van der Waals surface area contributed by atoms with E-state index in [9.17, 15) is 14.7 Å². The molecule has 6 nitrogen and oxygen atoms in total. The van der Waals surface area contributed by atoms with Crippen molar-refractivity contribution in [1.82, 2.24) is 15.3 Å². The number of amides is 2. The summed E-state index contributed by atoms with van der Waals surface area (Å²) in [5.74, 6) is 0.319. The Bertz CT molecular complexity index is 429. The van der Waals surface area contributed by atoms with Crippen LogP contribution in [0.5, 0.6) is 0 Å². The average Bonchev–Trinajstić information content (AvgIpc) is 2.95. The highest BCUT2D eigenvalue weighted by atomic mass is 16.3. The zero-order valence-corrected chi connectivity index (χ0v) is 17.7. The van der Waals surface area contributed by atoms with E-state index in [1.54, 1.807) is 0 Å². The fourth-order valence-corrected chi connectivity index (χ4v) is 3.50. The highest BCUT2D eigenvalue weighted by Gasteiger charge is 2.28. The molecule has 2 amide bonds. The number of aliphatic hydroxyl groups excluding tert-OH is 1. The minimum atomic E-state index is -0.302. The van der Waals surface area contributed by atoms with Crippen LogP contribution in [0.3, 0.4) is 0 Å². The van der Waals surface area contributed by atoms with Gasteiger partial charge < -0.3 is 10.4 Å². The molecule has 1 atom stereocenters. The van der Waals surface area contributed by atoms with Gasteiger partial charge >= 0.3 is 0 Å². The lowest BCUT2D eigenvalue weighted by Gasteiger charge is -2.28. The van der Waals surface area contributed by atoms with E-state index < -0.39 is 0 Å². The van der Waals surface area contributed by atoms with Crippen LogP contribution in [-0.4, -0.2) is 58.7 Å². The summed E-state index contributed by atoms with van der Waals surface area (Å²) in [6.45, 7) is 8.42. The standard InChI is InChI=1S/C21H41N3O3/c1-4-5-8-11-19(25)13-17-24-21(27)14-16-23(24)15-10-7-6-9-12-20(26)22-18(2)3/h18-19,25H,4-17H2,1-3H3,(H,22,26). The molecule has 1 saturated heterocycles. The highest BCUT2D eigenvalue weighted by Crippen LogP contribution is 2.16. The molecule has 1 heterocycles. The van der Waals surface area contributed by atoms with Crippen molar-refractivity contribution in [2.75, 3.05) is 19.6 Å². The molecular formula is C21H41N3O3. The maximum Gasteiger partial charge on any atom is 0.238 e. The second-order valence-corrected chi connectivity index (χ2v) is 8.05. The fraction of sp³-hybridized carbons (Fsp3) is 0.905. The van der Waals surface area contributed by atoms with Crippen molar-refractivity contribution < 1.29 is 14.7 Å². The molecule has 1 rings (SSSR count). The summed E-state index contributed by atoms with van der Waals surface area (Å²) in [6.07, 6.45) is 9.84. The van der Waals surface area contributed by atoms with E-state index in [0.29, 0.717) is 25.8 Å². The molecule has 0 aliphatic carbocycles. The molecule has 1 unspecified atom stereocenters. The Morgan fingerprint density at radius 1 is 1.07 bits per heavy atom. The van der Waals surface area contributed by atoms with Gasteiger partial charge in [-0.1, -0.05) is 39.0 Å². The third-order valence-corrected chi connectivity index (χ3v) is 5.05. The lowest BCUT2D eigenvalue weighted by molar-refractivity contribution is -0.138. The predicted octanol–water partition coefficient (Wildman–Crippen LogP) is 3.24. The van der Waals surface area contributed by atoms with Crippen LogP contribution < -0.4 is 5.32 Å². The normalized spacial score (nSPS) is 16.3. The Kier molecular flexibility index (Phi) is 12.3. The van der Waals surface area contributed by atoms with Crippen molar-refractivity contribution in [2.45, 2.75) is 104 Å². The van der Waals surface area contributed by atoms with E-state index in [1.165, 1.54) is 0 Å². The first-order chi connectivity index (χ1) is 12.9. The van der Waals surface area contributed by atoms with E-state index >= 15 is 0 Å². The zero-order chi connectivity index (χ0) is 20.1. The van der Waals surface area contributed by atoms with Gasteiger partial charge in [-0.05, 0) is 39.5 Å². The molecule has 27 heavy (non-hydrogen) atoms. The van der Waals surface area contributed by atoms with Gasteiger partial charge in [0.1, 0.15) is 0 Å². The van der Waals surface area contributed by atoms with Crippen LogP contribution in [-0.2, 0) is 9.59 Å². The monoisotopic (exact) mass is 383 g/mol. The maximum atomic E-state index is 12.1. The lowest BCUT2D eigenvalue weighted by atomic mass is 10.1. The molecule has 1 aliphatic heterocycles. The smallest absolute Gasteiger partial charge is 0.238 e. The van der Waals surface area contributed by atoms with Gasteiger partial charge in [-0.25, -0.2) is 5.01 Å². The SMILES string of the molecule is CCCCCC(O)CCN1C(=O)CCN1CCCCCCC(=O)NC(C)C. The molecule has 158 valence electrons.